The SMILES string of the molecule is C[C@@H](O)c1ccc(Oc2ccccc2Cl)cc1. The van der Waals surface area contributed by atoms with Crippen LogP contribution in [-0.4, -0.2) is 5.11 Å². The van der Waals surface area contributed by atoms with Gasteiger partial charge in [0.25, 0.3) is 0 Å². The molecule has 0 amide bonds. The summed E-state index contributed by atoms with van der Waals surface area (Å²) in [5, 5.41) is 9.96. The fourth-order valence-corrected chi connectivity index (χ4v) is 1.64. The molecule has 2 aromatic carbocycles. The number of ether oxygens (including phenoxy) is 1. The van der Waals surface area contributed by atoms with Gasteiger partial charge < -0.3 is 9.84 Å². The third-order valence-corrected chi connectivity index (χ3v) is 2.74. The molecular formula is C14H13ClO2. The second kappa shape index (κ2) is 5.21. The first kappa shape index (κ1) is 12.0. The monoisotopic (exact) mass is 248 g/mol. The van der Waals surface area contributed by atoms with Gasteiger partial charge >= 0.3 is 0 Å². The predicted molar refractivity (Wildman–Crippen MR) is 68.6 cm³/mol. The Balaban J connectivity index is 2.17. The largest absolute Gasteiger partial charge is 0.456 e. The van der Waals surface area contributed by atoms with Crippen LogP contribution < -0.4 is 4.74 Å². The summed E-state index contributed by atoms with van der Waals surface area (Å²) in [5.74, 6) is 1.32. The van der Waals surface area contributed by atoms with Crippen molar-refractivity contribution in [1.29, 1.82) is 0 Å². The molecule has 88 valence electrons. The van der Waals surface area contributed by atoms with E-state index in [4.69, 9.17) is 16.3 Å². The Hall–Kier alpha value is -1.51. The van der Waals surface area contributed by atoms with Crippen LogP contribution in [0.25, 0.3) is 0 Å². The van der Waals surface area contributed by atoms with Crippen molar-refractivity contribution in [2.45, 2.75) is 13.0 Å². The minimum Gasteiger partial charge on any atom is -0.456 e. The average Bonchev–Trinajstić information content (AvgIpc) is 2.33. The molecular weight excluding hydrogens is 236 g/mol. The van der Waals surface area contributed by atoms with Crippen molar-refractivity contribution in [1.82, 2.24) is 0 Å². The first-order valence-corrected chi connectivity index (χ1v) is 5.75. The van der Waals surface area contributed by atoms with Gasteiger partial charge in [-0.1, -0.05) is 35.9 Å². The van der Waals surface area contributed by atoms with Crippen LogP contribution in [0.1, 0.15) is 18.6 Å². The standard InChI is InChI=1S/C14H13ClO2/c1-10(16)11-6-8-12(9-7-11)17-14-5-3-2-4-13(14)15/h2-10,16H,1H3/t10-/m1/s1. The Bertz CT molecular complexity index is 492. The number of halogens is 1. The molecule has 17 heavy (non-hydrogen) atoms. The predicted octanol–water partition coefficient (Wildman–Crippen LogP) is 4.19. The van der Waals surface area contributed by atoms with Crippen LogP contribution in [0.3, 0.4) is 0 Å². The van der Waals surface area contributed by atoms with E-state index < -0.39 is 6.10 Å². The van der Waals surface area contributed by atoms with Crippen LogP contribution in [0.4, 0.5) is 0 Å². The van der Waals surface area contributed by atoms with Gasteiger partial charge in [0, 0.05) is 0 Å². The highest BCUT2D eigenvalue weighted by molar-refractivity contribution is 6.32. The fourth-order valence-electron chi connectivity index (χ4n) is 1.47. The van der Waals surface area contributed by atoms with Gasteiger partial charge in [0.1, 0.15) is 11.5 Å². The number of aliphatic hydroxyl groups excluding tert-OH is 1. The molecule has 0 heterocycles. The van der Waals surface area contributed by atoms with E-state index >= 15 is 0 Å². The van der Waals surface area contributed by atoms with Crippen LogP contribution in [0.2, 0.25) is 5.02 Å². The van der Waals surface area contributed by atoms with Gasteiger partial charge in [0.15, 0.2) is 0 Å². The summed E-state index contributed by atoms with van der Waals surface area (Å²) in [4.78, 5) is 0. The number of rotatable bonds is 3. The molecule has 0 aliphatic carbocycles. The molecule has 1 atom stereocenters. The van der Waals surface area contributed by atoms with Gasteiger partial charge in [-0.05, 0) is 36.8 Å². The average molecular weight is 249 g/mol. The number of aliphatic hydroxyl groups is 1. The van der Waals surface area contributed by atoms with Crippen LogP contribution in [-0.2, 0) is 0 Å². The fraction of sp³-hybridized carbons (Fsp3) is 0.143. The van der Waals surface area contributed by atoms with Gasteiger partial charge in [-0.25, -0.2) is 0 Å². The second-order valence-electron chi connectivity index (χ2n) is 3.78. The molecule has 0 saturated carbocycles. The van der Waals surface area contributed by atoms with Crippen LogP contribution in [0.15, 0.2) is 48.5 Å². The lowest BCUT2D eigenvalue weighted by atomic mass is 10.1. The van der Waals surface area contributed by atoms with Gasteiger partial charge in [-0.15, -0.1) is 0 Å². The Kier molecular flexibility index (Phi) is 3.67. The zero-order chi connectivity index (χ0) is 12.3. The summed E-state index contributed by atoms with van der Waals surface area (Å²) in [5.41, 5.74) is 0.858. The zero-order valence-electron chi connectivity index (χ0n) is 9.43. The number of hydrogen-bond acceptors (Lipinski definition) is 2. The molecule has 0 saturated heterocycles. The van der Waals surface area contributed by atoms with Crippen LogP contribution >= 0.6 is 11.6 Å². The van der Waals surface area contributed by atoms with Crippen molar-refractivity contribution >= 4 is 11.6 Å². The molecule has 0 bridgehead atoms. The first-order chi connectivity index (χ1) is 8.16. The molecule has 0 aliphatic rings. The minimum absolute atomic E-state index is 0.468. The van der Waals surface area contributed by atoms with Crippen molar-refractivity contribution in [2.75, 3.05) is 0 Å². The zero-order valence-corrected chi connectivity index (χ0v) is 10.2. The van der Waals surface area contributed by atoms with E-state index in [9.17, 15) is 5.11 Å². The van der Waals surface area contributed by atoms with E-state index in [2.05, 4.69) is 0 Å². The molecule has 0 aromatic heterocycles. The van der Waals surface area contributed by atoms with Crippen molar-refractivity contribution in [3.8, 4) is 11.5 Å². The summed E-state index contributed by atoms with van der Waals surface area (Å²) in [7, 11) is 0. The third kappa shape index (κ3) is 2.99. The van der Waals surface area contributed by atoms with Crippen molar-refractivity contribution in [3.63, 3.8) is 0 Å². The van der Waals surface area contributed by atoms with Gasteiger partial charge in [-0.3, -0.25) is 0 Å². The maximum atomic E-state index is 9.39. The highest BCUT2D eigenvalue weighted by Gasteiger charge is 2.03. The van der Waals surface area contributed by atoms with Crippen molar-refractivity contribution in [3.05, 3.63) is 59.1 Å². The van der Waals surface area contributed by atoms with Crippen molar-refractivity contribution < 1.29 is 9.84 Å². The Morgan fingerprint density at radius 2 is 1.71 bits per heavy atom. The summed E-state index contributed by atoms with van der Waals surface area (Å²) < 4.78 is 5.63. The van der Waals surface area contributed by atoms with Gasteiger partial charge in [0.2, 0.25) is 0 Å². The number of para-hydroxylation sites is 1. The molecule has 0 aliphatic heterocycles. The molecule has 0 fully saturated rings. The maximum absolute atomic E-state index is 9.39. The Morgan fingerprint density at radius 1 is 1.06 bits per heavy atom. The topological polar surface area (TPSA) is 29.5 Å². The first-order valence-electron chi connectivity index (χ1n) is 5.37. The maximum Gasteiger partial charge on any atom is 0.146 e. The van der Waals surface area contributed by atoms with E-state index in [1.807, 2.05) is 42.5 Å². The van der Waals surface area contributed by atoms with E-state index in [0.717, 1.165) is 5.56 Å². The molecule has 3 heteroatoms. The molecule has 2 rings (SSSR count). The molecule has 0 radical (unpaired) electrons. The summed E-state index contributed by atoms with van der Waals surface area (Å²) in [6.45, 7) is 1.73. The number of hydrogen-bond donors (Lipinski definition) is 1. The normalized spacial score (nSPS) is 12.2. The molecule has 1 N–H and O–H groups in total. The highest BCUT2D eigenvalue weighted by atomic mass is 35.5. The van der Waals surface area contributed by atoms with Crippen LogP contribution in [0.5, 0.6) is 11.5 Å². The van der Waals surface area contributed by atoms with Crippen molar-refractivity contribution in [2.24, 2.45) is 0 Å². The molecule has 0 spiro atoms. The summed E-state index contributed by atoms with van der Waals surface area (Å²) in [6, 6.07) is 14.6. The van der Waals surface area contributed by atoms with E-state index in [1.165, 1.54) is 0 Å². The van der Waals surface area contributed by atoms with Crippen LogP contribution in [0, 0.1) is 0 Å². The Morgan fingerprint density at radius 3 is 2.29 bits per heavy atom. The van der Waals surface area contributed by atoms with Gasteiger partial charge in [0.05, 0.1) is 11.1 Å². The lowest BCUT2D eigenvalue weighted by Gasteiger charge is -2.09. The second-order valence-corrected chi connectivity index (χ2v) is 4.18. The smallest absolute Gasteiger partial charge is 0.146 e. The molecule has 2 nitrogen and oxygen atoms in total. The molecule has 2 aromatic rings. The highest BCUT2D eigenvalue weighted by Crippen LogP contribution is 2.29. The van der Waals surface area contributed by atoms with E-state index in [1.54, 1.807) is 13.0 Å². The Labute approximate surface area is 105 Å². The minimum atomic E-state index is -0.468. The lowest BCUT2D eigenvalue weighted by molar-refractivity contribution is 0.199. The lowest BCUT2D eigenvalue weighted by Crippen LogP contribution is -1.91. The summed E-state index contributed by atoms with van der Waals surface area (Å²) >= 11 is 5.99. The van der Waals surface area contributed by atoms with E-state index in [-0.39, 0.29) is 0 Å². The summed E-state index contributed by atoms with van der Waals surface area (Å²) in [6.07, 6.45) is -0.468. The quantitative estimate of drug-likeness (QED) is 0.883. The third-order valence-electron chi connectivity index (χ3n) is 2.43. The van der Waals surface area contributed by atoms with Gasteiger partial charge in [-0.2, -0.15) is 0 Å². The van der Waals surface area contributed by atoms with E-state index in [0.29, 0.717) is 16.5 Å². The molecule has 0 unspecified atom stereocenters. The number of benzene rings is 2.